The molecule has 0 saturated carbocycles. The highest BCUT2D eigenvalue weighted by Crippen LogP contribution is 2.25. The minimum Gasteiger partial charge on any atom is -0.493 e. The summed E-state index contributed by atoms with van der Waals surface area (Å²) in [5, 5.41) is 0. The Morgan fingerprint density at radius 3 is 2.44 bits per heavy atom. The van der Waals surface area contributed by atoms with Crippen molar-refractivity contribution in [3.63, 3.8) is 0 Å². The molecule has 0 amide bonds. The van der Waals surface area contributed by atoms with Crippen LogP contribution >= 0.6 is 0 Å². The monoisotopic (exact) mass is 252 g/mol. The predicted molar refractivity (Wildman–Crippen MR) is 74.3 cm³/mol. The average molecular weight is 252 g/mol. The van der Waals surface area contributed by atoms with Gasteiger partial charge in [-0.15, -0.1) is 0 Å². The molecule has 0 aliphatic heterocycles. The average Bonchev–Trinajstić information content (AvgIpc) is 2.40. The number of methoxy groups -OCH3 is 1. The standard InChI is InChI=1S/C14H24N2O2/c1-3-9-16(10-8-15)11-12-18-14-7-5-4-6-13(14)17-2/h4-7H,3,8-12,15H2,1-2H3. The van der Waals surface area contributed by atoms with Crippen LogP contribution in [0.4, 0.5) is 0 Å². The second kappa shape index (κ2) is 8.78. The first-order chi connectivity index (χ1) is 8.81. The summed E-state index contributed by atoms with van der Waals surface area (Å²) in [5.41, 5.74) is 5.59. The summed E-state index contributed by atoms with van der Waals surface area (Å²) in [6.07, 6.45) is 1.13. The molecule has 4 heteroatoms. The molecule has 1 rings (SSSR count). The Morgan fingerprint density at radius 2 is 1.83 bits per heavy atom. The van der Waals surface area contributed by atoms with E-state index >= 15 is 0 Å². The van der Waals surface area contributed by atoms with Crippen molar-refractivity contribution < 1.29 is 9.47 Å². The van der Waals surface area contributed by atoms with Gasteiger partial charge < -0.3 is 15.2 Å². The van der Waals surface area contributed by atoms with E-state index in [2.05, 4.69) is 11.8 Å². The van der Waals surface area contributed by atoms with Crippen molar-refractivity contribution in [2.45, 2.75) is 13.3 Å². The Labute approximate surface area is 110 Å². The molecule has 0 aromatic heterocycles. The van der Waals surface area contributed by atoms with Crippen LogP contribution in [0.2, 0.25) is 0 Å². The lowest BCUT2D eigenvalue weighted by Crippen LogP contribution is -2.33. The van der Waals surface area contributed by atoms with Crippen LogP contribution < -0.4 is 15.2 Å². The molecule has 2 N–H and O–H groups in total. The lowest BCUT2D eigenvalue weighted by molar-refractivity contribution is 0.208. The molecule has 102 valence electrons. The van der Waals surface area contributed by atoms with E-state index in [1.54, 1.807) is 7.11 Å². The summed E-state index contributed by atoms with van der Waals surface area (Å²) < 4.78 is 11.0. The predicted octanol–water partition coefficient (Wildman–Crippen LogP) is 1.74. The Balaban J connectivity index is 2.39. The van der Waals surface area contributed by atoms with E-state index < -0.39 is 0 Å². The molecule has 0 spiro atoms. The largest absolute Gasteiger partial charge is 0.493 e. The smallest absolute Gasteiger partial charge is 0.161 e. The lowest BCUT2D eigenvalue weighted by atomic mass is 10.3. The van der Waals surface area contributed by atoms with Crippen LogP contribution in [0.1, 0.15) is 13.3 Å². The van der Waals surface area contributed by atoms with Crippen molar-refractivity contribution in [2.24, 2.45) is 5.73 Å². The lowest BCUT2D eigenvalue weighted by Gasteiger charge is -2.21. The first-order valence-corrected chi connectivity index (χ1v) is 6.50. The third-order valence-electron chi connectivity index (χ3n) is 2.72. The maximum Gasteiger partial charge on any atom is 0.161 e. The van der Waals surface area contributed by atoms with Gasteiger partial charge in [-0.1, -0.05) is 19.1 Å². The van der Waals surface area contributed by atoms with Crippen molar-refractivity contribution >= 4 is 0 Å². The van der Waals surface area contributed by atoms with E-state index in [4.69, 9.17) is 15.2 Å². The number of hydrogen-bond acceptors (Lipinski definition) is 4. The van der Waals surface area contributed by atoms with E-state index in [0.717, 1.165) is 37.6 Å². The minimum absolute atomic E-state index is 0.653. The van der Waals surface area contributed by atoms with Gasteiger partial charge in [-0.25, -0.2) is 0 Å². The second-order valence-corrected chi connectivity index (χ2v) is 4.13. The maximum atomic E-state index is 5.74. The van der Waals surface area contributed by atoms with Crippen LogP contribution in [0.25, 0.3) is 0 Å². The molecular formula is C14H24N2O2. The number of ether oxygens (including phenoxy) is 2. The zero-order chi connectivity index (χ0) is 13.2. The molecule has 0 aliphatic rings. The van der Waals surface area contributed by atoms with E-state index in [1.165, 1.54) is 0 Å². The summed E-state index contributed by atoms with van der Waals surface area (Å²) in [6.45, 7) is 6.39. The summed E-state index contributed by atoms with van der Waals surface area (Å²) >= 11 is 0. The van der Waals surface area contributed by atoms with Gasteiger partial charge in [-0.05, 0) is 25.1 Å². The van der Waals surface area contributed by atoms with Gasteiger partial charge in [-0.3, -0.25) is 4.90 Å². The second-order valence-electron chi connectivity index (χ2n) is 4.13. The van der Waals surface area contributed by atoms with Gasteiger partial charge >= 0.3 is 0 Å². The number of para-hydroxylation sites is 2. The van der Waals surface area contributed by atoms with Crippen molar-refractivity contribution in [2.75, 3.05) is 39.9 Å². The third-order valence-corrected chi connectivity index (χ3v) is 2.72. The van der Waals surface area contributed by atoms with Gasteiger partial charge in [0, 0.05) is 19.6 Å². The molecule has 0 unspecified atom stereocenters. The fraction of sp³-hybridized carbons (Fsp3) is 0.571. The quantitative estimate of drug-likeness (QED) is 0.727. The van der Waals surface area contributed by atoms with E-state index in [0.29, 0.717) is 13.2 Å². The molecule has 0 atom stereocenters. The molecule has 1 aromatic rings. The molecule has 18 heavy (non-hydrogen) atoms. The zero-order valence-corrected chi connectivity index (χ0v) is 11.4. The van der Waals surface area contributed by atoms with Gasteiger partial charge in [0.15, 0.2) is 11.5 Å². The van der Waals surface area contributed by atoms with Crippen LogP contribution in [-0.2, 0) is 0 Å². The first kappa shape index (κ1) is 14.8. The number of nitrogens with zero attached hydrogens (tertiary/aromatic N) is 1. The first-order valence-electron chi connectivity index (χ1n) is 6.50. The summed E-state index contributed by atoms with van der Waals surface area (Å²) in [5.74, 6) is 1.57. The van der Waals surface area contributed by atoms with E-state index in [-0.39, 0.29) is 0 Å². The summed E-state index contributed by atoms with van der Waals surface area (Å²) in [7, 11) is 1.65. The SMILES string of the molecule is CCCN(CCN)CCOc1ccccc1OC. The van der Waals surface area contributed by atoms with Gasteiger partial charge in [-0.2, -0.15) is 0 Å². The van der Waals surface area contributed by atoms with Gasteiger partial charge in [0.1, 0.15) is 6.61 Å². The minimum atomic E-state index is 0.653. The van der Waals surface area contributed by atoms with Crippen LogP contribution in [0.15, 0.2) is 24.3 Å². The molecular weight excluding hydrogens is 228 g/mol. The van der Waals surface area contributed by atoms with Crippen LogP contribution in [0, 0.1) is 0 Å². The molecule has 0 fully saturated rings. The Hall–Kier alpha value is -1.26. The molecule has 0 heterocycles. The Kier molecular flexibility index (Phi) is 7.22. The molecule has 0 bridgehead atoms. The number of rotatable bonds is 9. The molecule has 0 saturated heterocycles. The summed E-state index contributed by atoms with van der Waals surface area (Å²) in [4.78, 5) is 2.31. The molecule has 0 radical (unpaired) electrons. The van der Waals surface area contributed by atoms with Crippen LogP contribution in [0.3, 0.4) is 0 Å². The third kappa shape index (κ3) is 4.94. The van der Waals surface area contributed by atoms with Crippen molar-refractivity contribution in [1.29, 1.82) is 0 Å². The highest BCUT2D eigenvalue weighted by atomic mass is 16.5. The van der Waals surface area contributed by atoms with Gasteiger partial charge in [0.2, 0.25) is 0 Å². The highest BCUT2D eigenvalue weighted by molar-refractivity contribution is 5.39. The number of hydrogen-bond donors (Lipinski definition) is 1. The highest BCUT2D eigenvalue weighted by Gasteiger charge is 2.05. The Morgan fingerprint density at radius 1 is 1.11 bits per heavy atom. The molecule has 1 aromatic carbocycles. The van der Waals surface area contributed by atoms with E-state index in [9.17, 15) is 0 Å². The Bertz CT molecular complexity index is 325. The van der Waals surface area contributed by atoms with Crippen LogP contribution in [0.5, 0.6) is 11.5 Å². The van der Waals surface area contributed by atoms with Crippen molar-refractivity contribution in [1.82, 2.24) is 4.90 Å². The zero-order valence-electron chi connectivity index (χ0n) is 11.4. The fourth-order valence-electron chi connectivity index (χ4n) is 1.86. The molecule has 4 nitrogen and oxygen atoms in total. The normalized spacial score (nSPS) is 10.7. The number of benzene rings is 1. The van der Waals surface area contributed by atoms with Gasteiger partial charge in [0.05, 0.1) is 7.11 Å². The number of nitrogens with two attached hydrogens (primary N) is 1. The van der Waals surface area contributed by atoms with Crippen LogP contribution in [-0.4, -0.2) is 44.8 Å². The maximum absolute atomic E-state index is 5.74. The molecule has 0 aliphatic carbocycles. The summed E-state index contributed by atoms with van der Waals surface area (Å²) in [6, 6.07) is 7.70. The fourth-order valence-corrected chi connectivity index (χ4v) is 1.86. The van der Waals surface area contributed by atoms with Crippen molar-refractivity contribution in [3.05, 3.63) is 24.3 Å². The topological polar surface area (TPSA) is 47.7 Å². The van der Waals surface area contributed by atoms with E-state index in [1.807, 2.05) is 24.3 Å². The van der Waals surface area contributed by atoms with Crippen molar-refractivity contribution in [3.8, 4) is 11.5 Å². The van der Waals surface area contributed by atoms with Gasteiger partial charge in [0.25, 0.3) is 0 Å².